The van der Waals surface area contributed by atoms with Crippen molar-refractivity contribution in [1.29, 1.82) is 0 Å². The molecule has 0 saturated carbocycles. The number of carbonyl (C=O) groups excluding carboxylic acids is 2. The van der Waals surface area contributed by atoms with Gasteiger partial charge >= 0.3 is 6.09 Å². The molecule has 1 saturated heterocycles. The fraction of sp³-hybridized carbons (Fsp3) is 0.600. The van der Waals surface area contributed by atoms with E-state index in [4.69, 9.17) is 0 Å². The number of amides is 2. The molecule has 1 rings (SSSR count). The van der Waals surface area contributed by atoms with Crippen LogP contribution < -0.4 is 0 Å². The van der Waals surface area contributed by atoms with E-state index >= 15 is 0 Å². The predicted octanol–water partition coefficient (Wildman–Crippen LogP) is 0.159. The molecule has 0 aromatic rings. The number of rotatable bonds is 0. The summed E-state index contributed by atoms with van der Waals surface area (Å²) in [5, 5.41) is 10.0. The standard InChI is InChI=1S/C5H6NO3/c7-4-2-1-3-6(4)5(8)9/h1-3H2. The molecule has 1 radical (unpaired) electrons. The van der Waals surface area contributed by atoms with Gasteiger partial charge in [0.25, 0.3) is 0 Å². The first-order chi connectivity index (χ1) is 4.22. The molecule has 0 aromatic heterocycles. The van der Waals surface area contributed by atoms with Crippen LogP contribution in [0.3, 0.4) is 0 Å². The van der Waals surface area contributed by atoms with Gasteiger partial charge in [0.15, 0.2) is 0 Å². The topological polar surface area (TPSA) is 57.3 Å². The quantitative estimate of drug-likeness (QED) is 0.466. The van der Waals surface area contributed by atoms with E-state index in [0.29, 0.717) is 19.4 Å². The molecule has 0 aliphatic carbocycles. The molecular weight excluding hydrogens is 122 g/mol. The first-order valence-corrected chi connectivity index (χ1v) is 2.73. The van der Waals surface area contributed by atoms with Crippen LogP contribution in [-0.4, -0.2) is 23.4 Å². The van der Waals surface area contributed by atoms with E-state index < -0.39 is 6.09 Å². The van der Waals surface area contributed by atoms with Crippen molar-refractivity contribution in [3.63, 3.8) is 0 Å². The van der Waals surface area contributed by atoms with Gasteiger partial charge in [-0.15, -0.1) is 0 Å². The number of hydrogen-bond acceptors (Lipinski definition) is 2. The lowest BCUT2D eigenvalue weighted by atomic mass is 10.4. The Morgan fingerprint density at radius 2 is 2.22 bits per heavy atom. The lowest BCUT2D eigenvalue weighted by molar-refractivity contribution is -0.126. The molecule has 0 atom stereocenters. The van der Waals surface area contributed by atoms with Crippen LogP contribution >= 0.6 is 0 Å². The maximum Gasteiger partial charge on any atom is 0.459 e. The molecule has 49 valence electrons. The molecule has 2 amide bonds. The summed E-state index contributed by atoms with van der Waals surface area (Å²) in [4.78, 5) is 21.3. The number of nitrogens with zero attached hydrogens (tertiary/aromatic N) is 1. The van der Waals surface area contributed by atoms with Crippen LogP contribution in [0.4, 0.5) is 4.79 Å². The van der Waals surface area contributed by atoms with Crippen LogP contribution in [0.5, 0.6) is 0 Å². The first kappa shape index (κ1) is 6.07. The molecule has 1 aliphatic rings. The van der Waals surface area contributed by atoms with Crippen molar-refractivity contribution < 1.29 is 14.7 Å². The fourth-order valence-corrected chi connectivity index (χ4v) is 0.841. The van der Waals surface area contributed by atoms with Gasteiger partial charge in [-0.1, -0.05) is 0 Å². The van der Waals surface area contributed by atoms with Gasteiger partial charge in [-0.05, 0) is 6.42 Å². The maximum absolute atomic E-state index is 10.5. The highest BCUT2D eigenvalue weighted by Gasteiger charge is 2.26. The number of carbonyl (C=O) groups is 2. The lowest BCUT2D eigenvalue weighted by Gasteiger charge is -2.03. The van der Waals surface area contributed by atoms with E-state index in [1.54, 1.807) is 0 Å². The average molecular weight is 128 g/mol. The molecule has 0 unspecified atom stereocenters. The summed E-state index contributed by atoms with van der Waals surface area (Å²) in [6.45, 7) is 0.307. The van der Waals surface area contributed by atoms with Crippen molar-refractivity contribution >= 4 is 12.0 Å². The Hall–Kier alpha value is -1.06. The van der Waals surface area contributed by atoms with Crippen LogP contribution in [-0.2, 0) is 9.90 Å². The zero-order valence-electron chi connectivity index (χ0n) is 4.79. The Morgan fingerprint density at radius 3 is 2.44 bits per heavy atom. The van der Waals surface area contributed by atoms with E-state index in [1.165, 1.54) is 0 Å². The van der Waals surface area contributed by atoms with Crippen molar-refractivity contribution in [3.05, 3.63) is 0 Å². The van der Waals surface area contributed by atoms with Gasteiger partial charge < -0.3 is 0 Å². The van der Waals surface area contributed by atoms with E-state index in [0.717, 1.165) is 4.90 Å². The normalized spacial score (nSPS) is 18.7. The highest BCUT2D eigenvalue weighted by atomic mass is 16.4. The Kier molecular flexibility index (Phi) is 1.38. The molecular formula is C5H6NO3. The zero-order chi connectivity index (χ0) is 6.85. The lowest BCUT2D eigenvalue weighted by Crippen LogP contribution is -2.29. The fourth-order valence-electron chi connectivity index (χ4n) is 0.841. The van der Waals surface area contributed by atoms with E-state index in [-0.39, 0.29) is 5.91 Å². The van der Waals surface area contributed by atoms with E-state index in [1.807, 2.05) is 0 Å². The summed E-state index contributed by atoms with van der Waals surface area (Å²) in [6.07, 6.45) is -0.404. The second-order valence-electron chi connectivity index (χ2n) is 1.91. The molecule has 1 heterocycles. The number of hydrogen-bond donors (Lipinski definition) is 0. The van der Waals surface area contributed by atoms with Gasteiger partial charge in [-0.25, -0.2) is 14.8 Å². The molecule has 0 spiro atoms. The maximum atomic E-state index is 10.5. The zero-order valence-corrected chi connectivity index (χ0v) is 4.79. The van der Waals surface area contributed by atoms with Gasteiger partial charge in [-0.3, -0.25) is 4.79 Å². The predicted molar refractivity (Wildman–Crippen MR) is 27.0 cm³/mol. The molecule has 1 aliphatic heterocycles. The van der Waals surface area contributed by atoms with Gasteiger partial charge in [-0.2, -0.15) is 0 Å². The summed E-state index contributed by atoms with van der Waals surface area (Å²) < 4.78 is 0. The minimum Gasteiger partial charge on any atom is -0.274 e. The van der Waals surface area contributed by atoms with E-state index in [2.05, 4.69) is 0 Å². The van der Waals surface area contributed by atoms with Crippen molar-refractivity contribution in [3.8, 4) is 0 Å². The SMILES string of the molecule is [O]C(=O)N1CCCC1=O. The second-order valence-corrected chi connectivity index (χ2v) is 1.91. The molecule has 4 nitrogen and oxygen atoms in total. The first-order valence-electron chi connectivity index (χ1n) is 2.73. The molecule has 0 aromatic carbocycles. The molecule has 1 fully saturated rings. The van der Waals surface area contributed by atoms with Crippen molar-refractivity contribution in [1.82, 2.24) is 4.90 Å². The van der Waals surface area contributed by atoms with Crippen molar-refractivity contribution in [2.24, 2.45) is 0 Å². The third-order valence-corrected chi connectivity index (χ3v) is 1.29. The summed E-state index contributed by atoms with van der Waals surface area (Å²) in [5.74, 6) is -0.338. The Labute approximate surface area is 52.1 Å². The summed E-state index contributed by atoms with van der Waals surface area (Å²) >= 11 is 0. The van der Waals surface area contributed by atoms with Crippen LogP contribution in [0, 0.1) is 0 Å². The summed E-state index contributed by atoms with van der Waals surface area (Å²) in [7, 11) is 0. The van der Waals surface area contributed by atoms with Crippen LogP contribution in [0.1, 0.15) is 12.8 Å². The third-order valence-electron chi connectivity index (χ3n) is 1.29. The molecule has 9 heavy (non-hydrogen) atoms. The second kappa shape index (κ2) is 2.05. The van der Waals surface area contributed by atoms with Crippen LogP contribution in [0.25, 0.3) is 0 Å². The molecule has 0 bridgehead atoms. The molecule has 4 heteroatoms. The third kappa shape index (κ3) is 1.01. The number of imide groups is 1. The average Bonchev–Trinajstić information content (AvgIpc) is 2.13. The Morgan fingerprint density at radius 1 is 1.56 bits per heavy atom. The van der Waals surface area contributed by atoms with Crippen LogP contribution in [0.15, 0.2) is 0 Å². The van der Waals surface area contributed by atoms with Gasteiger partial charge in [0.2, 0.25) is 5.91 Å². The highest BCUT2D eigenvalue weighted by Crippen LogP contribution is 2.08. The van der Waals surface area contributed by atoms with Gasteiger partial charge in [0.1, 0.15) is 0 Å². The van der Waals surface area contributed by atoms with Gasteiger partial charge in [0.05, 0.1) is 0 Å². The summed E-state index contributed by atoms with van der Waals surface area (Å²) in [6, 6.07) is 0. The Balaban J connectivity index is 2.60. The minimum absolute atomic E-state index is 0.307. The highest BCUT2D eigenvalue weighted by molar-refractivity contribution is 5.92. The smallest absolute Gasteiger partial charge is 0.274 e. The van der Waals surface area contributed by atoms with Gasteiger partial charge in [0, 0.05) is 13.0 Å². The van der Waals surface area contributed by atoms with Crippen LogP contribution in [0.2, 0.25) is 0 Å². The van der Waals surface area contributed by atoms with Crippen molar-refractivity contribution in [2.75, 3.05) is 6.54 Å². The minimum atomic E-state index is -1.38. The van der Waals surface area contributed by atoms with E-state index in [9.17, 15) is 14.7 Å². The largest absolute Gasteiger partial charge is 0.459 e. The molecule has 0 N–H and O–H groups in total. The van der Waals surface area contributed by atoms with Crippen molar-refractivity contribution in [2.45, 2.75) is 12.8 Å². The monoisotopic (exact) mass is 128 g/mol. The Bertz CT molecular complexity index is 154. The number of likely N-dealkylation sites (tertiary alicyclic amines) is 1. The summed E-state index contributed by atoms with van der Waals surface area (Å²) in [5.41, 5.74) is 0.